The summed E-state index contributed by atoms with van der Waals surface area (Å²) in [5.41, 5.74) is 7.40. The largest absolute Gasteiger partial charge is 0.383 e. The van der Waals surface area contributed by atoms with Crippen molar-refractivity contribution < 1.29 is 9.53 Å². The molecule has 130 valence electrons. The Hall–Kier alpha value is -1.14. The summed E-state index contributed by atoms with van der Waals surface area (Å²) in [7, 11) is 1.73. The predicted octanol–water partition coefficient (Wildman–Crippen LogP) is 1.75. The fraction of sp³-hybridized carbons (Fsp3) is 0.588. The summed E-state index contributed by atoms with van der Waals surface area (Å²) in [6, 6.07) is 8.03. The van der Waals surface area contributed by atoms with Crippen molar-refractivity contribution in [2.24, 2.45) is 5.73 Å². The minimum Gasteiger partial charge on any atom is -0.383 e. The van der Waals surface area contributed by atoms with Gasteiger partial charge in [-0.15, -0.1) is 12.4 Å². The van der Waals surface area contributed by atoms with Crippen molar-refractivity contribution in [3.8, 4) is 0 Å². The number of nitrogens with two attached hydrogens (primary N) is 1. The van der Waals surface area contributed by atoms with Crippen LogP contribution in [-0.2, 0) is 11.3 Å². The van der Waals surface area contributed by atoms with Crippen LogP contribution in [0.2, 0.25) is 0 Å². The van der Waals surface area contributed by atoms with Crippen LogP contribution in [0.5, 0.6) is 0 Å². The van der Waals surface area contributed by atoms with Gasteiger partial charge in [-0.1, -0.05) is 19.1 Å². The number of nitrogens with zero attached hydrogens (tertiary/aromatic N) is 2. The molecule has 1 unspecified atom stereocenters. The summed E-state index contributed by atoms with van der Waals surface area (Å²) in [6.07, 6.45) is 1.04. The molecule has 2 rings (SSSR count). The molecule has 1 aromatic carbocycles. The van der Waals surface area contributed by atoms with E-state index in [1.165, 1.54) is 0 Å². The Bertz CT molecular complexity index is 481. The summed E-state index contributed by atoms with van der Waals surface area (Å²) in [5, 5.41) is 0. The van der Waals surface area contributed by atoms with E-state index in [4.69, 9.17) is 10.5 Å². The van der Waals surface area contributed by atoms with Crippen molar-refractivity contribution >= 4 is 18.3 Å². The molecule has 1 heterocycles. The molecule has 6 heteroatoms. The molecule has 1 atom stereocenters. The second kappa shape index (κ2) is 9.88. The van der Waals surface area contributed by atoms with Crippen LogP contribution in [-0.4, -0.2) is 61.6 Å². The standard InChI is InChI=1S/C17H27N3O2.ClH/c1-3-16-13-20(9-8-19(16)10-11-22-2)17(21)15-6-4-14(12-18)5-7-15;/h4-7,16H,3,8-13,18H2,1-2H3;1H. The number of benzene rings is 1. The van der Waals surface area contributed by atoms with Crippen molar-refractivity contribution in [2.75, 3.05) is 39.9 Å². The van der Waals surface area contributed by atoms with Crippen molar-refractivity contribution in [3.05, 3.63) is 35.4 Å². The zero-order valence-electron chi connectivity index (χ0n) is 14.0. The maximum atomic E-state index is 12.6. The molecule has 0 radical (unpaired) electrons. The Morgan fingerprint density at radius 1 is 1.30 bits per heavy atom. The van der Waals surface area contributed by atoms with Crippen molar-refractivity contribution in [1.29, 1.82) is 0 Å². The first kappa shape index (κ1) is 19.9. The summed E-state index contributed by atoms with van der Waals surface area (Å²) in [6.45, 7) is 6.83. The molecule has 5 nitrogen and oxygen atoms in total. The summed E-state index contributed by atoms with van der Waals surface area (Å²) in [5.74, 6) is 0.119. The number of hydrogen-bond acceptors (Lipinski definition) is 4. The van der Waals surface area contributed by atoms with E-state index in [1.807, 2.05) is 29.2 Å². The molecule has 2 N–H and O–H groups in total. The lowest BCUT2D eigenvalue weighted by atomic mass is 10.1. The first-order valence-corrected chi connectivity index (χ1v) is 8.00. The molecule has 23 heavy (non-hydrogen) atoms. The fourth-order valence-electron chi connectivity index (χ4n) is 2.93. The number of hydrogen-bond donors (Lipinski definition) is 1. The highest BCUT2D eigenvalue weighted by Crippen LogP contribution is 2.16. The Labute approximate surface area is 145 Å². The highest BCUT2D eigenvalue weighted by atomic mass is 35.5. The van der Waals surface area contributed by atoms with E-state index >= 15 is 0 Å². The van der Waals surface area contributed by atoms with Crippen molar-refractivity contribution in [3.63, 3.8) is 0 Å². The van der Waals surface area contributed by atoms with Gasteiger partial charge >= 0.3 is 0 Å². The molecular formula is C17H28ClN3O2. The Balaban J connectivity index is 0.00000264. The number of rotatable bonds is 6. The first-order valence-electron chi connectivity index (χ1n) is 8.00. The van der Waals surface area contributed by atoms with Gasteiger partial charge in [-0.05, 0) is 24.1 Å². The smallest absolute Gasteiger partial charge is 0.253 e. The number of halogens is 1. The maximum absolute atomic E-state index is 12.6. The highest BCUT2D eigenvalue weighted by molar-refractivity contribution is 5.94. The molecule has 1 fully saturated rings. The van der Waals surface area contributed by atoms with Crippen LogP contribution in [0.1, 0.15) is 29.3 Å². The third-order valence-electron chi connectivity index (χ3n) is 4.38. The van der Waals surface area contributed by atoms with E-state index in [-0.39, 0.29) is 18.3 Å². The number of methoxy groups -OCH3 is 1. The van der Waals surface area contributed by atoms with Crippen LogP contribution < -0.4 is 5.73 Å². The van der Waals surface area contributed by atoms with E-state index in [9.17, 15) is 4.79 Å². The molecule has 0 saturated carbocycles. The van der Waals surface area contributed by atoms with Crippen LogP contribution in [0.3, 0.4) is 0 Å². The first-order chi connectivity index (χ1) is 10.7. The van der Waals surface area contributed by atoms with Crippen LogP contribution in [0, 0.1) is 0 Å². The Morgan fingerprint density at radius 2 is 2.00 bits per heavy atom. The topological polar surface area (TPSA) is 58.8 Å². The van der Waals surface area contributed by atoms with E-state index in [0.29, 0.717) is 12.6 Å². The van der Waals surface area contributed by atoms with Gasteiger partial charge in [0, 0.05) is 51.4 Å². The van der Waals surface area contributed by atoms with Gasteiger partial charge in [-0.25, -0.2) is 0 Å². The lowest BCUT2D eigenvalue weighted by molar-refractivity contribution is 0.0384. The molecule has 1 aromatic rings. The third-order valence-corrected chi connectivity index (χ3v) is 4.38. The Kier molecular flexibility index (Phi) is 8.55. The third kappa shape index (κ3) is 5.18. The molecule has 1 amide bonds. The number of amides is 1. The van der Waals surface area contributed by atoms with E-state index in [1.54, 1.807) is 7.11 Å². The minimum atomic E-state index is 0. The number of carbonyl (C=O) groups is 1. The van der Waals surface area contributed by atoms with Crippen molar-refractivity contribution in [1.82, 2.24) is 9.80 Å². The summed E-state index contributed by atoms with van der Waals surface area (Å²) < 4.78 is 5.17. The summed E-state index contributed by atoms with van der Waals surface area (Å²) in [4.78, 5) is 17.0. The minimum absolute atomic E-state index is 0. The van der Waals surface area contributed by atoms with E-state index < -0.39 is 0 Å². The molecule has 1 aliphatic heterocycles. The van der Waals surface area contributed by atoms with Gasteiger partial charge in [0.1, 0.15) is 0 Å². The molecule has 0 aromatic heterocycles. The van der Waals surface area contributed by atoms with Gasteiger partial charge in [-0.3, -0.25) is 9.69 Å². The molecule has 0 spiro atoms. The fourth-order valence-corrected chi connectivity index (χ4v) is 2.93. The van der Waals surface area contributed by atoms with Crippen LogP contribution >= 0.6 is 12.4 Å². The highest BCUT2D eigenvalue weighted by Gasteiger charge is 2.28. The lowest BCUT2D eigenvalue weighted by Gasteiger charge is -2.41. The van der Waals surface area contributed by atoms with Gasteiger partial charge in [0.05, 0.1) is 6.61 Å². The van der Waals surface area contributed by atoms with Crippen LogP contribution in [0.4, 0.5) is 0 Å². The number of ether oxygens (including phenoxy) is 1. The zero-order valence-corrected chi connectivity index (χ0v) is 14.8. The quantitative estimate of drug-likeness (QED) is 0.856. The SMILES string of the molecule is CCC1CN(C(=O)c2ccc(CN)cc2)CCN1CCOC.Cl. The Morgan fingerprint density at radius 3 is 2.57 bits per heavy atom. The van der Waals surface area contributed by atoms with Gasteiger partial charge in [0.15, 0.2) is 0 Å². The van der Waals surface area contributed by atoms with Gasteiger partial charge in [0.2, 0.25) is 0 Å². The molecule has 1 saturated heterocycles. The zero-order chi connectivity index (χ0) is 15.9. The molecule has 0 aliphatic carbocycles. The average Bonchev–Trinajstić information content (AvgIpc) is 2.59. The van der Waals surface area contributed by atoms with Crippen LogP contribution in [0.25, 0.3) is 0 Å². The average molecular weight is 342 g/mol. The second-order valence-electron chi connectivity index (χ2n) is 5.74. The molecular weight excluding hydrogens is 314 g/mol. The molecule has 0 bridgehead atoms. The van der Waals surface area contributed by atoms with E-state index in [0.717, 1.165) is 50.3 Å². The van der Waals surface area contributed by atoms with Gasteiger partial charge in [0.25, 0.3) is 5.91 Å². The predicted molar refractivity (Wildman–Crippen MR) is 95.0 cm³/mol. The number of carbonyl (C=O) groups excluding carboxylic acids is 1. The van der Waals surface area contributed by atoms with Gasteiger partial charge < -0.3 is 15.4 Å². The lowest BCUT2D eigenvalue weighted by Crippen LogP contribution is -2.55. The monoisotopic (exact) mass is 341 g/mol. The maximum Gasteiger partial charge on any atom is 0.253 e. The normalized spacial score (nSPS) is 18.6. The van der Waals surface area contributed by atoms with Crippen LogP contribution in [0.15, 0.2) is 24.3 Å². The summed E-state index contributed by atoms with van der Waals surface area (Å²) >= 11 is 0. The second-order valence-corrected chi connectivity index (χ2v) is 5.74. The number of piperazine rings is 1. The van der Waals surface area contributed by atoms with Crippen molar-refractivity contribution in [2.45, 2.75) is 25.9 Å². The molecule has 1 aliphatic rings. The van der Waals surface area contributed by atoms with Gasteiger partial charge in [-0.2, -0.15) is 0 Å². The van der Waals surface area contributed by atoms with E-state index in [2.05, 4.69) is 11.8 Å².